The Hall–Kier alpha value is -1.63. The van der Waals surface area contributed by atoms with Crippen molar-refractivity contribution in [1.29, 1.82) is 0 Å². The van der Waals surface area contributed by atoms with E-state index in [9.17, 15) is 14.0 Å². The van der Waals surface area contributed by atoms with Gasteiger partial charge in [0, 0.05) is 19.1 Å². The lowest BCUT2D eigenvalue weighted by molar-refractivity contribution is -0.131. The summed E-state index contributed by atoms with van der Waals surface area (Å²) < 4.78 is 19.2. The van der Waals surface area contributed by atoms with Gasteiger partial charge in [0.1, 0.15) is 11.4 Å². The van der Waals surface area contributed by atoms with E-state index in [1.54, 1.807) is 37.8 Å². The maximum absolute atomic E-state index is 13.6. The molecule has 1 heterocycles. The fourth-order valence-corrected chi connectivity index (χ4v) is 2.98. The van der Waals surface area contributed by atoms with Crippen molar-refractivity contribution < 1.29 is 18.7 Å². The van der Waals surface area contributed by atoms with Gasteiger partial charge in [-0.25, -0.2) is 9.18 Å². The molecule has 1 aliphatic heterocycles. The van der Waals surface area contributed by atoms with Gasteiger partial charge in [-0.2, -0.15) is 0 Å². The third-order valence-electron chi connectivity index (χ3n) is 3.83. The zero-order chi connectivity index (χ0) is 18.6. The summed E-state index contributed by atoms with van der Waals surface area (Å²) in [6.45, 7) is 6.50. The minimum atomic E-state index is -0.556. The highest BCUT2D eigenvalue weighted by Crippen LogP contribution is 2.18. The molecule has 1 fully saturated rings. The highest BCUT2D eigenvalue weighted by atomic mass is 79.9. The van der Waals surface area contributed by atoms with Crippen molar-refractivity contribution in [3.63, 3.8) is 0 Å². The van der Waals surface area contributed by atoms with Crippen LogP contribution in [0.5, 0.6) is 0 Å². The van der Waals surface area contributed by atoms with E-state index in [1.807, 2.05) is 0 Å². The zero-order valence-electron chi connectivity index (χ0n) is 14.8. The van der Waals surface area contributed by atoms with Crippen LogP contribution in [0.1, 0.15) is 39.2 Å². The second-order valence-corrected chi connectivity index (χ2v) is 8.10. The Labute approximate surface area is 156 Å². The molecule has 2 amide bonds. The highest BCUT2D eigenvalue weighted by Gasteiger charge is 2.26. The van der Waals surface area contributed by atoms with Gasteiger partial charge in [0.25, 0.3) is 0 Å². The summed E-state index contributed by atoms with van der Waals surface area (Å²) in [5.74, 6) is -0.453. The molecule has 2 rings (SSSR count). The van der Waals surface area contributed by atoms with E-state index in [1.165, 1.54) is 6.07 Å². The van der Waals surface area contributed by atoms with Crippen LogP contribution < -0.4 is 5.32 Å². The van der Waals surface area contributed by atoms with Crippen LogP contribution in [0.4, 0.5) is 9.18 Å². The molecule has 0 aromatic heterocycles. The molecule has 138 valence electrons. The molecule has 0 radical (unpaired) electrons. The Bertz CT molecular complexity index is 646. The van der Waals surface area contributed by atoms with E-state index in [0.717, 1.165) is 12.8 Å². The number of hydrogen-bond acceptors (Lipinski definition) is 3. The van der Waals surface area contributed by atoms with Crippen molar-refractivity contribution in [3.05, 3.63) is 34.1 Å². The SMILES string of the molecule is CC(C)(C)OC(=O)N[C@H]1CCCN(C(=O)Cc2ccc(Br)c(F)c2)C1. The first-order valence-electron chi connectivity index (χ1n) is 8.35. The Kier molecular flexibility index (Phi) is 6.43. The molecule has 0 unspecified atom stereocenters. The Morgan fingerprint density at radius 1 is 1.40 bits per heavy atom. The average Bonchev–Trinajstić information content (AvgIpc) is 2.49. The van der Waals surface area contributed by atoms with Crippen molar-refractivity contribution in [3.8, 4) is 0 Å². The molecular weight excluding hydrogens is 391 g/mol. The van der Waals surface area contributed by atoms with Gasteiger partial charge < -0.3 is 15.0 Å². The number of alkyl carbamates (subject to hydrolysis) is 1. The van der Waals surface area contributed by atoms with Crippen molar-refractivity contribution in [2.45, 2.75) is 51.7 Å². The topological polar surface area (TPSA) is 58.6 Å². The summed E-state index contributed by atoms with van der Waals surface area (Å²) in [4.78, 5) is 26.1. The number of likely N-dealkylation sites (tertiary alicyclic amines) is 1. The molecule has 0 aliphatic carbocycles. The van der Waals surface area contributed by atoms with Crippen LogP contribution in [0.2, 0.25) is 0 Å². The molecule has 0 bridgehead atoms. The van der Waals surface area contributed by atoms with Gasteiger partial charge in [-0.05, 0) is 67.2 Å². The number of benzene rings is 1. The largest absolute Gasteiger partial charge is 0.444 e. The fourth-order valence-electron chi connectivity index (χ4n) is 2.73. The first-order valence-corrected chi connectivity index (χ1v) is 9.14. The normalized spacial score (nSPS) is 18.0. The molecule has 1 aromatic rings. The number of ether oxygens (including phenoxy) is 1. The highest BCUT2D eigenvalue weighted by molar-refractivity contribution is 9.10. The van der Waals surface area contributed by atoms with Gasteiger partial charge in [-0.15, -0.1) is 0 Å². The lowest BCUT2D eigenvalue weighted by atomic mass is 10.0. The van der Waals surface area contributed by atoms with Crippen molar-refractivity contribution in [2.75, 3.05) is 13.1 Å². The summed E-state index contributed by atoms with van der Waals surface area (Å²) in [5, 5.41) is 2.82. The molecule has 1 saturated heterocycles. The standard InChI is InChI=1S/C18H24BrFN2O3/c1-18(2,3)25-17(24)21-13-5-4-8-22(11-13)16(23)10-12-6-7-14(19)15(20)9-12/h6-7,9,13H,4-5,8,10-11H2,1-3H3,(H,21,24)/t13-/m0/s1. The van der Waals surface area contributed by atoms with Crippen molar-refractivity contribution >= 4 is 27.9 Å². The average molecular weight is 415 g/mol. The van der Waals surface area contributed by atoms with Crippen LogP contribution in [0, 0.1) is 5.82 Å². The predicted octanol–water partition coefficient (Wildman–Crippen LogP) is 3.65. The van der Waals surface area contributed by atoms with Crippen molar-refractivity contribution in [1.82, 2.24) is 10.2 Å². The molecule has 1 atom stereocenters. The third kappa shape index (κ3) is 6.30. The van der Waals surface area contributed by atoms with Gasteiger partial charge in [0.2, 0.25) is 5.91 Å². The second kappa shape index (κ2) is 8.17. The quantitative estimate of drug-likeness (QED) is 0.820. The van der Waals surface area contributed by atoms with E-state index in [4.69, 9.17) is 4.74 Å². The maximum Gasteiger partial charge on any atom is 0.407 e. The molecule has 1 N–H and O–H groups in total. The van der Waals surface area contributed by atoms with E-state index in [2.05, 4.69) is 21.2 Å². The third-order valence-corrected chi connectivity index (χ3v) is 4.48. The molecule has 0 spiro atoms. The first-order chi connectivity index (χ1) is 11.6. The zero-order valence-corrected chi connectivity index (χ0v) is 16.4. The number of piperidine rings is 1. The Morgan fingerprint density at radius 2 is 2.12 bits per heavy atom. The molecule has 5 nitrogen and oxygen atoms in total. The summed E-state index contributed by atoms with van der Waals surface area (Å²) in [7, 11) is 0. The molecular formula is C18H24BrFN2O3. The second-order valence-electron chi connectivity index (χ2n) is 7.25. The molecule has 25 heavy (non-hydrogen) atoms. The van der Waals surface area contributed by atoms with Crippen LogP contribution >= 0.6 is 15.9 Å². The monoisotopic (exact) mass is 414 g/mol. The van der Waals surface area contributed by atoms with Gasteiger partial charge in [-0.3, -0.25) is 4.79 Å². The van der Waals surface area contributed by atoms with E-state index < -0.39 is 11.7 Å². The minimum Gasteiger partial charge on any atom is -0.444 e. The Balaban J connectivity index is 1.90. The summed E-state index contributed by atoms with van der Waals surface area (Å²) >= 11 is 3.10. The number of nitrogens with zero attached hydrogens (tertiary/aromatic N) is 1. The smallest absolute Gasteiger partial charge is 0.407 e. The number of rotatable bonds is 3. The van der Waals surface area contributed by atoms with Crippen LogP contribution in [-0.4, -0.2) is 41.6 Å². The predicted molar refractivity (Wildman–Crippen MR) is 96.8 cm³/mol. The lowest BCUT2D eigenvalue weighted by Crippen LogP contribution is -2.50. The van der Waals surface area contributed by atoms with Gasteiger partial charge in [0.15, 0.2) is 0 Å². The fraction of sp³-hybridized carbons (Fsp3) is 0.556. The minimum absolute atomic E-state index is 0.0718. The van der Waals surface area contributed by atoms with Crippen molar-refractivity contribution in [2.24, 2.45) is 0 Å². The summed E-state index contributed by atoms with van der Waals surface area (Å²) in [6.07, 6.45) is 1.28. The van der Waals surface area contributed by atoms with Crippen LogP contribution in [0.25, 0.3) is 0 Å². The number of halogens is 2. The number of nitrogens with one attached hydrogen (secondary N) is 1. The molecule has 7 heteroatoms. The Morgan fingerprint density at radius 3 is 2.76 bits per heavy atom. The van der Waals surface area contributed by atoms with Gasteiger partial charge >= 0.3 is 6.09 Å². The summed E-state index contributed by atoms with van der Waals surface area (Å²) in [6, 6.07) is 4.56. The van der Waals surface area contributed by atoms with Crippen LogP contribution in [-0.2, 0) is 16.0 Å². The van der Waals surface area contributed by atoms with Crippen LogP contribution in [0.3, 0.4) is 0 Å². The molecule has 1 aliphatic rings. The van der Waals surface area contributed by atoms with Crippen LogP contribution in [0.15, 0.2) is 22.7 Å². The van der Waals surface area contributed by atoms with E-state index >= 15 is 0 Å². The first kappa shape index (κ1) is 19.7. The van der Waals surface area contributed by atoms with E-state index in [0.29, 0.717) is 23.1 Å². The summed E-state index contributed by atoms with van der Waals surface area (Å²) in [5.41, 5.74) is 0.0767. The van der Waals surface area contributed by atoms with Gasteiger partial charge in [-0.1, -0.05) is 6.07 Å². The van der Waals surface area contributed by atoms with Gasteiger partial charge in [0.05, 0.1) is 10.9 Å². The number of hydrogen-bond donors (Lipinski definition) is 1. The van der Waals surface area contributed by atoms with E-state index in [-0.39, 0.29) is 24.2 Å². The maximum atomic E-state index is 13.6. The number of carbonyl (C=O) groups is 2. The lowest BCUT2D eigenvalue weighted by Gasteiger charge is -2.33. The number of amides is 2. The molecule has 1 aromatic carbocycles. The number of carbonyl (C=O) groups excluding carboxylic acids is 2. The molecule has 0 saturated carbocycles.